The van der Waals surface area contributed by atoms with Crippen LogP contribution in [0, 0.1) is 0 Å². The van der Waals surface area contributed by atoms with Gasteiger partial charge >= 0.3 is 0 Å². The topological polar surface area (TPSA) is 58.2 Å². The fourth-order valence-electron chi connectivity index (χ4n) is 3.59. The second kappa shape index (κ2) is 15.2. The maximum absolute atomic E-state index is 12.1. The summed E-state index contributed by atoms with van der Waals surface area (Å²) < 4.78 is 0. The molecule has 2 rings (SSSR count). The molecule has 0 unspecified atom stereocenters. The van der Waals surface area contributed by atoms with Crippen LogP contribution in [0.25, 0.3) is 0 Å². The fraction of sp³-hybridized carbons (Fsp3) is 0.481. The van der Waals surface area contributed by atoms with E-state index in [-0.39, 0.29) is 18.1 Å². The Bertz CT molecular complexity index is 757. The van der Waals surface area contributed by atoms with Crippen LogP contribution in [0.5, 0.6) is 0 Å². The third kappa shape index (κ3) is 10.8. The number of ketones is 1. The number of carbonyl (C=O) groups is 2. The van der Waals surface area contributed by atoms with E-state index >= 15 is 0 Å². The molecule has 0 saturated carbocycles. The van der Waals surface area contributed by atoms with Crippen LogP contribution in [-0.4, -0.2) is 18.2 Å². The number of hydrogen-bond donors (Lipinski definition) is 2. The largest absolute Gasteiger partial charge is 0.385 e. The Kier molecular flexibility index (Phi) is 12.1. The number of anilines is 2. The Morgan fingerprint density at radius 3 is 1.84 bits per heavy atom. The molecule has 4 nitrogen and oxygen atoms in total. The van der Waals surface area contributed by atoms with Gasteiger partial charge in [0, 0.05) is 23.5 Å². The van der Waals surface area contributed by atoms with Crippen molar-refractivity contribution in [2.45, 2.75) is 77.6 Å². The molecule has 0 spiro atoms. The van der Waals surface area contributed by atoms with E-state index in [0.29, 0.717) is 11.3 Å². The molecular weight excluding hydrogens is 384 g/mol. The smallest absolute Gasteiger partial charge is 0.232 e. The number of hydrogen-bond acceptors (Lipinski definition) is 3. The van der Waals surface area contributed by atoms with Crippen LogP contribution in [0.1, 0.15) is 87.9 Å². The van der Waals surface area contributed by atoms with Gasteiger partial charge in [-0.15, -0.1) is 0 Å². The van der Waals surface area contributed by atoms with Crippen molar-refractivity contribution in [2.75, 3.05) is 17.2 Å². The average Bonchev–Trinajstić information content (AvgIpc) is 2.79. The number of amides is 1. The molecule has 168 valence electrons. The van der Waals surface area contributed by atoms with Crippen LogP contribution < -0.4 is 10.6 Å². The Hall–Kier alpha value is -2.62. The van der Waals surface area contributed by atoms with Crippen LogP contribution in [-0.2, 0) is 4.79 Å². The summed E-state index contributed by atoms with van der Waals surface area (Å²) in [5.41, 5.74) is 2.31. The molecule has 0 saturated heterocycles. The van der Waals surface area contributed by atoms with Crippen molar-refractivity contribution < 1.29 is 9.59 Å². The summed E-state index contributed by atoms with van der Waals surface area (Å²) in [6.07, 6.45) is 13.2. The van der Waals surface area contributed by atoms with Gasteiger partial charge in [0.05, 0.1) is 6.42 Å². The third-order valence-corrected chi connectivity index (χ3v) is 5.44. The first kappa shape index (κ1) is 24.6. The number of unbranched alkanes of at least 4 members (excludes halogenated alkanes) is 9. The van der Waals surface area contributed by atoms with Gasteiger partial charge in [-0.25, -0.2) is 0 Å². The summed E-state index contributed by atoms with van der Waals surface area (Å²) in [6, 6.07) is 16.6. The van der Waals surface area contributed by atoms with Gasteiger partial charge in [0.15, 0.2) is 5.78 Å². The normalized spacial score (nSPS) is 10.6. The molecule has 0 fully saturated rings. The molecule has 0 aromatic heterocycles. The predicted molar refractivity (Wildman–Crippen MR) is 131 cm³/mol. The molecule has 0 radical (unpaired) electrons. The number of rotatable bonds is 16. The molecular formula is C27H38N2O2. The number of carbonyl (C=O) groups excluding carboxylic acids is 2. The zero-order valence-corrected chi connectivity index (χ0v) is 19.0. The van der Waals surface area contributed by atoms with E-state index in [0.717, 1.165) is 12.2 Å². The van der Waals surface area contributed by atoms with E-state index in [2.05, 4.69) is 17.6 Å². The van der Waals surface area contributed by atoms with E-state index in [1.807, 2.05) is 30.3 Å². The monoisotopic (exact) mass is 422 g/mol. The molecule has 2 aromatic carbocycles. The standard InChI is InChI=1S/C27H38N2O2/c1-2-3-4-5-6-7-8-9-10-14-21-28-24-17-19-25(20-18-24)29-27(31)22-26(30)23-15-12-11-13-16-23/h11-13,15-20,28H,2-10,14,21-22H2,1H3,(H,29,31). The molecule has 0 aliphatic rings. The van der Waals surface area contributed by atoms with Gasteiger partial charge in [0.2, 0.25) is 5.91 Å². The SMILES string of the molecule is CCCCCCCCCCCCNc1ccc(NC(=O)CC(=O)c2ccccc2)cc1. The molecule has 0 bridgehead atoms. The Morgan fingerprint density at radius 2 is 1.23 bits per heavy atom. The van der Waals surface area contributed by atoms with E-state index in [1.54, 1.807) is 24.3 Å². The lowest BCUT2D eigenvalue weighted by molar-refractivity contribution is -0.115. The number of Topliss-reactive ketones (excluding diaryl/α,β-unsaturated/α-hetero) is 1. The van der Waals surface area contributed by atoms with Gasteiger partial charge < -0.3 is 10.6 Å². The van der Waals surface area contributed by atoms with Crippen LogP contribution in [0.2, 0.25) is 0 Å². The molecule has 1 amide bonds. The summed E-state index contributed by atoms with van der Waals surface area (Å²) >= 11 is 0. The van der Waals surface area contributed by atoms with Gasteiger partial charge in [0.1, 0.15) is 0 Å². The molecule has 2 N–H and O–H groups in total. The second-order valence-corrected chi connectivity index (χ2v) is 8.20. The van der Waals surface area contributed by atoms with Crippen LogP contribution in [0.4, 0.5) is 11.4 Å². The van der Waals surface area contributed by atoms with Crippen molar-refractivity contribution >= 4 is 23.1 Å². The predicted octanol–water partition coefficient (Wildman–Crippen LogP) is 7.23. The van der Waals surface area contributed by atoms with Gasteiger partial charge in [-0.05, 0) is 30.7 Å². The summed E-state index contributed by atoms with van der Waals surface area (Å²) in [5, 5.41) is 6.23. The van der Waals surface area contributed by atoms with Crippen molar-refractivity contribution in [1.82, 2.24) is 0 Å². The average molecular weight is 423 g/mol. The molecule has 0 heterocycles. The van der Waals surface area contributed by atoms with E-state index in [9.17, 15) is 9.59 Å². The van der Waals surface area contributed by atoms with Crippen molar-refractivity contribution in [3.8, 4) is 0 Å². The van der Waals surface area contributed by atoms with Gasteiger partial charge in [0.25, 0.3) is 0 Å². The molecule has 31 heavy (non-hydrogen) atoms. The van der Waals surface area contributed by atoms with Crippen molar-refractivity contribution in [3.63, 3.8) is 0 Å². The van der Waals surface area contributed by atoms with E-state index in [4.69, 9.17) is 0 Å². The minimum Gasteiger partial charge on any atom is -0.385 e. The number of benzene rings is 2. The van der Waals surface area contributed by atoms with Crippen LogP contribution in [0.15, 0.2) is 54.6 Å². The van der Waals surface area contributed by atoms with Crippen LogP contribution >= 0.6 is 0 Å². The second-order valence-electron chi connectivity index (χ2n) is 8.20. The van der Waals surface area contributed by atoms with E-state index in [1.165, 1.54) is 64.2 Å². The highest BCUT2D eigenvalue weighted by Crippen LogP contribution is 2.15. The maximum Gasteiger partial charge on any atom is 0.232 e. The van der Waals surface area contributed by atoms with Gasteiger partial charge in [-0.3, -0.25) is 9.59 Å². The quantitative estimate of drug-likeness (QED) is 0.170. The lowest BCUT2D eigenvalue weighted by Gasteiger charge is -2.09. The Labute approximate surface area is 187 Å². The molecule has 4 heteroatoms. The minimum absolute atomic E-state index is 0.150. The maximum atomic E-state index is 12.1. The lowest BCUT2D eigenvalue weighted by Crippen LogP contribution is -2.16. The molecule has 0 atom stereocenters. The highest BCUT2D eigenvalue weighted by molar-refractivity contribution is 6.10. The highest BCUT2D eigenvalue weighted by Gasteiger charge is 2.11. The molecule has 0 aliphatic heterocycles. The zero-order chi connectivity index (χ0) is 22.2. The summed E-state index contributed by atoms with van der Waals surface area (Å²) in [4.78, 5) is 24.2. The first-order valence-corrected chi connectivity index (χ1v) is 11.9. The van der Waals surface area contributed by atoms with Gasteiger partial charge in [-0.1, -0.05) is 95.0 Å². The zero-order valence-electron chi connectivity index (χ0n) is 19.0. The first-order valence-electron chi connectivity index (χ1n) is 11.9. The minimum atomic E-state index is -0.292. The summed E-state index contributed by atoms with van der Waals surface area (Å²) in [6.45, 7) is 3.23. The molecule has 2 aromatic rings. The fourth-order valence-corrected chi connectivity index (χ4v) is 3.59. The third-order valence-electron chi connectivity index (χ3n) is 5.44. The van der Waals surface area contributed by atoms with E-state index < -0.39 is 0 Å². The highest BCUT2D eigenvalue weighted by atomic mass is 16.2. The summed E-state index contributed by atoms with van der Waals surface area (Å²) in [5.74, 6) is -0.465. The van der Waals surface area contributed by atoms with Crippen LogP contribution in [0.3, 0.4) is 0 Å². The first-order chi connectivity index (χ1) is 15.2. The molecule has 0 aliphatic carbocycles. The summed E-state index contributed by atoms with van der Waals surface area (Å²) in [7, 11) is 0. The van der Waals surface area contributed by atoms with Crippen molar-refractivity contribution in [1.29, 1.82) is 0 Å². The van der Waals surface area contributed by atoms with Crippen molar-refractivity contribution in [3.05, 3.63) is 60.2 Å². The number of nitrogens with one attached hydrogen (secondary N) is 2. The Balaban J connectivity index is 1.55. The van der Waals surface area contributed by atoms with Crippen molar-refractivity contribution in [2.24, 2.45) is 0 Å². The van der Waals surface area contributed by atoms with Gasteiger partial charge in [-0.2, -0.15) is 0 Å². The Morgan fingerprint density at radius 1 is 0.677 bits per heavy atom. The lowest BCUT2D eigenvalue weighted by atomic mass is 10.1.